The van der Waals surface area contributed by atoms with Crippen molar-refractivity contribution in [1.29, 1.82) is 0 Å². The number of pyridine rings is 1. The van der Waals surface area contributed by atoms with Crippen LogP contribution in [0, 0.1) is 32.2 Å². The number of hydrogen-bond acceptors (Lipinski definition) is 2. The first-order valence-corrected chi connectivity index (χ1v) is 35.8. The molecule has 0 saturated heterocycles. The van der Waals surface area contributed by atoms with Crippen LogP contribution in [0.3, 0.4) is 0 Å². The predicted octanol–water partition coefficient (Wildman–Crippen LogP) is 26.1. The monoisotopic (exact) mass is 1580 g/mol. The van der Waals surface area contributed by atoms with E-state index in [4.69, 9.17) is 17.9 Å². The van der Waals surface area contributed by atoms with Crippen molar-refractivity contribution >= 4 is 32.8 Å². The van der Waals surface area contributed by atoms with Gasteiger partial charge in [-0.05, 0) is 253 Å². The summed E-state index contributed by atoms with van der Waals surface area (Å²) in [7, 11) is 0. The molecule has 0 spiro atoms. The number of aryl methyl sites for hydroxylation is 2. The van der Waals surface area contributed by atoms with Crippen molar-refractivity contribution in [1.82, 2.24) is 14.1 Å². The summed E-state index contributed by atoms with van der Waals surface area (Å²) < 4.78 is 192. The molecule has 12 aromatic carbocycles. The maximum atomic E-state index is 10.7. The van der Waals surface area contributed by atoms with Gasteiger partial charge in [-0.25, -0.2) is 4.98 Å². The zero-order valence-electron chi connectivity index (χ0n) is 80.6. The van der Waals surface area contributed by atoms with Gasteiger partial charge in [0, 0.05) is 52.5 Å². The zero-order valence-corrected chi connectivity index (χ0v) is 63.9. The quantitative estimate of drug-likeness (QED) is 0.107. The second kappa shape index (κ2) is 26.0. The fourth-order valence-electron chi connectivity index (χ4n) is 15.4. The van der Waals surface area contributed by atoms with Crippen LogP contribution in [0.1, 0.15) is 168 Å². The van der Waals surface area contributed by atoms with E-state index in [0.29, 0.717) is 84.0 Å². The average molecular weight is 1580 g/mol. The Balaban J connectivity index is 0.0000115. The van der Waals surface area contributed by atoms with Gasteiger partial charge in [-0.1, -0.05) is 247 Å². The normalized spacial score (nSPS) is 16.6. The summed E-state index contributed by atoms with van der Waals surface area (Å²) in [5, 5.41) is 1.87. The van der Waals surface area contributed by atoms with E-state index in [1.54, 1.807) is 28.8 Å². The molecule has 1 aliphatic carbocycles. The minimum Gasteiger partial charge on any atom is -0.510 e. The first-order valence-electron chi connectivity index (χ1n) is 45.3. The molecule has 0 radical (unpaired) electrons. The van der Waals surface area contributed by atoms with Crippen molar-refractivity contribution in [2.75, 3.05) is 0 Å². The summed E-state index contributed by atoms with van der Waals surface area (Å²) in [4.78, 5) is 4.93. The third kappa shape index (κ3) is 12.3. The Morgan fingerprint density at radius 2 is 1.02 bits per heavy atom. The molecule has 0 bridgehead atoms. The molecule has 6 heteroatoms. The van der Waals surface area contributed by atoms with E-state index in [-0.39, 0.29) is 60.0 Å². The van der Waals surface area contributed by atoms with Gasteiger partial charge >= 0.3 is 0 Å². The molecule has 0 atom stereocenters. The molecule has 0 N–H and O–H groups in total. The van der Waals surface area contributed by atoms with E-state index in [9.17, 15) is 17.8 Å². The minimum absolute atomic E-state index is 0. The van der Waals surface area contributed by atoms with Crippen molar-refractivity contribution in [2.24, 2.45) is 0 Å². The van der Waals surface area contributed by atoms with Crippen LogP contribution < -0.4 is 9.30 Å². The Hall–Kier alpha value is -10.5. The van der Waals surface area contributed by atoms with Crippen molar-refractivity contribution in [2.45, 2.75) is 144 Å². The van der Waals surface area contributed by atoms with Gasteiger partial charge < -0.3 is 13.9 Å². The van der Waals surface area contributed by atoms with Gasteiger partial charge in [0.15, 0.2) is 0 Å². The topological polar surface area (TPSA) is 35.9 Å². The van der Waals surface area contributed by atoms with E-state index >= 15 is 0 Å². The molecule has 15 aromatic rings. The number of fused-ring (bicyclic) bond motifs is 11. The van der Waals surface area contributed by atoms with E-state index < -0.39 is 136 Å². The van der Waals surface area contributed by atoms with Crippen molar-refractivity contribution in [3.63, 3.8) is 0 Å². The summed E-state index contributed by atoms with van der Waals surface area (Å²) in [6, 6.07) is 49.0. The fraction of sp³-hybridized carbons (Fsp3) is 0.220. The van der Waals surface area contributed by atoms with Crippen molar-refractivity contribution < 1.29 is 56.4 Å². The molecule has 3 aromatic heterocycles. The number of para-hydroxylation sites is 1. The molecule has 0 fully saturated rings. The molecule has 17 rings (SSSR count). The largest absolute Gasteiger partial charge is 0.510 e. The number of ether oxygens (including phenoxy) is 1. The number of imidazole rings is 1. The third-order valence-electron chi connectivity index (χ3n) is 21.4. The van der Waals surface area contributed by atoms with Crippen LogP contribution in [0.15, 0.2) is 249 Å². The van der Waals surface area contributed by atoms with Gasteiger partial charge in [0.05, 0.1) is 34.5 Å². The van der Waals surface area contributed by atoms with E-state index in [0.717, 1.165) is 62.5 Å². The van der Waals surface area contributed by atoms with E-state index in [1.807, 2.05) is 89.6 Å². The van der Waals surface area contributed by atoms with Gasteiger partial charge in [0.2, 0.25) is 0 Å². The van der Waals surface area contributed by atoms with Crippen LogP contribution in [0.5, 0.6) is 11.5 Å². The van der Waals surface area contributed by atoms with Crippen LogP contribution in [0.25, 0.3) is 139 Å². The number of rotatable bonds is 9. The predicted molar refractivity (Wildman–Crippen MR) is 438 cm³/mol. The number of hydrogen-bond donors (Lipinski definition) is 0. The number of nitrogens with zero attached hydrogens (tertiary/aromatic N) is 4. The summed E-state index contributed by atoms with van der Waals surface area (Å²) in [6.07, 6.45) is 7.35. The van der Waals surface area contributed by atoms with Crippen molar-refractivity contribution in [3.05, 3.63) is 306 Å². The van der Waals surface area contributed by atoms with Crippen LogP contribution in [-0.4, -0.2) is 14.1 Å². The Kier molecular flexibility index (Phi) is 12.5. The van der Waals surface area contributed by atoms with Crippen LogP contribution in [0.4, 0.5) is 0 Å². The Morgan fingerprint density at radius 3 is 1.64 bits per heavy atom. The smallest absolute Gasteiger partial charge is 0.268 e. The summed E-state index contributed by atoms with van der Waals surface area (Å²) >= 11 is 0. The SMILES string of the molecule is [2H]c1c([2H])c([2H])c(-c2c([2H])c(-c3cc4c5c(c3)n(-c3[c-]c(Oc6[c-]c7c(cc6)c6ccccc6n7-c6cc(C(C)(C)C)ccn6)ccc3)[c-][n+]5-c3c(-c5cc(C(C)(C)C)cc(C(C)(C)C)c5)cc(-c5c(C([2H])([2H])[2H])cccc5C([2H])([2H])[2H])cc3-c3cc5c(cc3-c3ccccc3-4)C(C)(C)CCC5(C)C)c([2H])c(-c3c([2H])c([2H])c([2H])c([2H])c3[2H])c2[2H])c([2H])c1[2H].[Pt]. The van der Waals surface area contributed by atoms with Crippen LogP contribution >= 0.6 is 0 Å². The van der Waals surface area contributed by atoms with Gasteiger partial charge in [-0.2, -0.15) is 18.2 Å². The Bertz CT molecular complexity index is 6890. The minimum atomic E-state index is -2.85. The third-order valence-corrected chi connectivity index (χ3v) is 21.4. The maximum absolute atomic E-state index is 10.7. The fourth-order valence-corrected chi connectivity index (χ4v) is 15.4. The molecular weight excluding hydrogens is 1470 g/mol. The Labute approximate surface area is 667 Å². The molecule has 1 aliphatic heterocycles. The average Bonchev–Trinajstić information content (AvgIpc) is 1.60. The summed E-state index contributed by atoms with van der Waals surface area (Å²) in [5.41, 5.74) is 8.26. The second-order valence-corrected chi connectivity index (χ2v) is 32.5. The second-order valence-electron chi connectivity index (χ2n) is 32.5. The maximum Gasteiger partial charge on any atom is 0.268 e. The molecular formula is C100H90N4OPt-2. The van der Waals surface area contributed by atoms with E-state index in [2.05, 4.69) is 156 Å². The van der Waals surface area contributed by atoms with E-state index in [1.165, 1.54) is 18.2 Å². The molecule has 0 unspecified atom stereocenters. The molecule has 0 amide bonds. The molecule has 5 nitrogen and oxygen atoms in total. The first kappa shape index (κ1) is 50.9. The molecule has 0 saturated carbocycles. The standard InChI is InChI=1S/C100H90N4O.Pt/c1-62-28-26-29-63(2)93(62)71-52-82(70-49-73(97(6,7)8)55-74(50-70)98(9,10)11)94-86(53-71)84-60-88-87(99(12,13)43-44-100(88,14)15)59-83(84)78-36-22-23-37-79(78)85-51-69(68-47-66(64-30-18-16-19-31-64)46-67(48-68)65-32-20-17-21-33-65)54-91-95(85)103(94)61-102(91)75-34-27-35-76(57-75)105-77-40-41-81-80-38-24-25-39-89(80)104(90(81)58-77)92-56-72(42-45-101-92)96(3,4)5;/h16-42,45-56,59-60H,43-44H2,1-15H3;/q-2;/i1D3,2D3,16D,17D,18D,19D,20D,21D,30D,31D,32D,33D,46D,47D,48D;. The van der Waals surface area contributed by atoms with Gasteiger partial charge in [0.25, 0.3) is 6.33 Å². The molecule has 106 heavy (non-hydrogen) atoms. The molecule has 4 heterocycles. The van der Waals surface area contributed by atoms with Gasteiger partial charge in [0.1, 0.15) is 5.82 Å². The zero-order chi connectivity index (χ0) is 89.1. The van der Waals surface area contributed by atoms with Crippen LogP contribution in [0.2, 0.25) is 0 Å². The molecule has 528 valence electrons. The van der Waals surface area contributed by atoms with Gasteiger partial charge in [-0.3, -0.25) is 4.57 Å². The summed E-state index contributed by atoms with van der Waals surface area (Å²) in [5.74, 6) is 1.22. The van der Waals surface area contributed by atoms with Crippen molar-refractivity contribution in [3.8, 4) is 118 Å². The van der Waals surface area contributed by atoms with Crippen LogP contribution in [-0.2, 0) is 48.1 Å². The van der Waals surface area contributed by atoms with Gasteiger partial charge in [-0.15, -0.1) is 29.7 Å². The number of benzene rings is 12. The Morgan fingerprint density at radius 1 is 0.462 bits per heavy atom. The summed E-state index contributed by atoms with van der Waals surface area (Å²) in [6.45, 7) is 22.5. The number of aromatic nitrogens is 4. The molecule has 2 aliphatic rings. The first-order chi connectivity index (χ1) is 58.1.